The van der Waals surface area contributed by atoms with Crippen molar-refractivity contribution in [2.45, 2.75) is 50.8 Å². The van der Waals surface area contributed by atoms with Crippen LogP contribution in [0.2, 0.25) is 0 Å². The number of nitrogens with zero attached hydrogens (tertiary/aromatic N) is 1. The molecule has 154 valence electrons. The van der Waals surface area contributed by atoms with Crippen LogP contribution in [0.3, 0.4) is 0 Å². The molecule has 1 aliphatic heterocycles. The summed E-state index contributed by atoms with van der Waals surface area (Å²) in [6.07, 6.45) is -4.50. The van der Waals surface area contributed by atoms with Crippen LogP contribution >= 0.6 is 12.4 Å². The number of carbonyl (C=O) groups excluding carboxylic acids is 1. The van der Waals surface area contributed by atoms with Crippen molar-refractivity contribution in [3.8, 4) is 0 Å². The van der Waals surface area contributed by atoms with E-state index in [-0.39, 0.29) is 18.3 Å². The molecule has 0 amide bonds. The lowest BCUT2D eigenvalue weighted by molar-refractivity contribution is -0.153. The first-order chi connectivity index (χ1) is 12.2. The van der Waals surface area contributed by atoms with E-state index in [0.29, 0.717) is 17.2 Å². The number of aliphatic hydroxyl groups excluding tert-OH is 2. The van der Waals surface area contributed by atoms with Crippen molar-refractivity contribution in [3.05, 3.63) is 32.9 Å². The highest BCUT2D eigenvalue weighted by Crippen LogP contribution is 2.28. The van der Waals surface area contributed by atoms with Gasteiger partial charge in [-0.25, -0.2) is 4.79 Å². The molecule has 27 heavy (non-hydrogen) atoms. The molecule has 6 atom stereocenters. The molecule has 1 fully saturated rings. The number of carbonyl (C=O) groups is 1. The van der Waals surface area contributed by atoms with Gasteiger partial charge in [-0.2, -0.15) is 4.39 Å². The van der Waals surface area contributed by atoms with Crippen molar-refractivity contribution >= 4 is 18.4 Å². The number of aromatic nitrogens is 2. The van der Waals surface area contributed by atoms with Gasteiger partial charge in [-0.15, -0.1) is 12.4 Å². The van der Waals surface area contributed by atoms with Gasteiger partial charge in [0.15, 0.2) is 6.23 Å². The van der Waals surface area contributed by atoms with Crippen LogP contribution in [0.25, 0.3) is 0 Å². The molecule has 0 aromatic carbocycles. The Hall–Kier alpha value is -1.79. The van der Waals surface area contributed by atoms with Crippen molar-refractivity contribution < 1.29 is 28.9 Å². The van der Waals surface area contributed by atoms with Crippen LogP contribution in [0.4, 0.5) is 4.39 Å². The first-order valence-electron chi connectivity index (χ1n) is 8.12. The summed E-state index contributed by atoms with van der Waals surface area (Å²) < 4.78 is 24.3. The van der Waals surface area contributed by atoms with Crippen LogP contribution in [-0.2, 0) is 14.3 Å². The van der Waals surface area contributed by atoms with E-state index in [0.717, 1.165) is 0 Å². The predicted molar refractivity (Wildman–Crippen MR) is 92.8 cm³/mol. The third-order valence-electron chi connectivity index (χ3n) is 4.45. The smallest absolute Gasteiger partial charge is 0.330 e. The third kappa shape index (κ3) is 4.93. The number of H-pyrrole nitrogens is 1. The summed E-state index contributed by atoms with van der Waals surface area (Å²) in [6, 6.07) is -0.852. The van der Waals surface area contributed by atoms with Crippen molar-refractivity contribution in [2.75, 3.05) is 6.61 Å². The average molecular weight is 412 g/mol. The lowest BCUT2D eigenvalue weighted by Crippen LogP contribution is -2.41. The number of esters is 1. The number of nitrogens with two attached hydrogens (primary N) is 1. The van der Waals surface area contributed by atoms with Gasteiger partial charge in [-0.1, -0.05) is 20.3 Å². The minimum atomic E-state index is -1.61. The number of aromatic amines is 1. The Kier molecular flexibility index (Phi) is 8.11. The number of hydrogen-bond acceptors (Lipinski definition) is 8. The van der Waals surface area contributed by atoms with Gasteiger partial charge in [-0.05, 0) is 5.92 Å². The Labute approximate surface area is 159 Å². The SMILES string of the molecule is CC[C@H](C)[C@H](N)C(=O)OC[C@H]1O[C@@H](n2cc(F)c(=O)[nH]c2=O)[C@H](O)[C@@H]1O.Cl. The number of nitrogens with one attached hydrogen (secondary N) is 1. The molecule has 2 heterocycles. The fraction of sp³-hybridized carbons (Fsp3) is 0.667. The van der Waals surface area contributed by atoms with Crippen molar-refractivity contribution in [2.24, 2.45) is 11.7 Å². The number of aliphatic hydroxyl groups is 2. The minimum absolute atomic E-state index is 0. The summed E-state index contributed by atoms with van der Waals surface area (Å²) in [5, 5.41) is 20.1. The van der Waals surface area contributed by atoms with Gasteiger partial charge in [-0.3, -0.25) is 19.1 Å². The number of ether oxygens (including phenoxy) is 2. The van der Waals surface area contributed by atoms with E-state index in [9.17, 15) is 29.0 Å². The largest absolute Gasteiger partial charge is 0.462 e. The highest BCUT2D eigenvalue weighted by atomic mass is 35.5. The quantitative estimate of drug-likeness (QED) is 0.418. The fourth-order valence-electron chi connectivity index (χ4n) is 2.49. The number of rotatable bonds is 6. The molecule has 2 rings (SSSR count). The van der Waals surface area contributed by atoms with Gasteiger partial charge in [0.2, 0.25) is 5.82 Å². The predicted octanol–water partition coefficient (Wildman–Crippen LogP) is -1.37. The van der Waals surface area contributed by atoms with Crippen LogP contribution < -0.4 is 17.0 Å². The van der Waals surface area contributed by atoms with E-state index >= 15 is 0 Å². The molecule has 1 aliphatic rings. The van der Waals surface area contributed by atoms with Crippen LogP contribution in [-0.4, -0.2) is 56.7 Å². The summed E-state index contributed by atoms with van der Waals surface area (Å²) in [7, 11) is 0. The molecule has 0 radical (unpaired) electrons. The van der Waals surface area contributed by atoms with Gasteiger partial charge in [0.05, 0.1) is 6.20 Å². The molecule has 0 bridgehead atoms. The van der Waals surface area contributed by atoms with E-state index in [1.807, 2.05) is 6.92 Å². The van der Waals surface area contributed by atoms with Crippen LogP contribution in [0, 0.1) is 11.7 Å². The molecule has 1 saturated heterocycles. The molecule has 0 saturated carbocycles. The molecule has 0 spiro atoms. The Bertz CT molecular complexity index is 771. The Morgan fingerprint density at radius 3 is 2.67 bits per heavy atom. The highest BCUT2D eigenvalue weighted by Gasteiger charge is 2.45. The molecule has 0 aliphatic carbocycles. The molecule has 12 heteroatoms. The number of hydrogen-bond donors (Lipinski definition) is 4. The van der Waals surface area contributed by atoms with Gasteiger partial charge >= 0.3 is 11.7 Å². The molecule has 5 N–H and O–H groups in total. The lowest BCUT2D eigenvalue weighted by Gasteiger charge is -2.19. The molecule has 1 aromatic heterocycles. The third-order valence-corrected chi connectivity index (χ3v) is 4.45. The number of halogens is 2. The minimum Gasteiger partial charge on any atom is -0.462 e. The second-order valence-electron chi connectivity index (χ2n) is 6.23. The maximum absolute atomic E-state index is 13.4. The van der Waals surface area contributed by atoms with Crippen LogP contribution in [0.1, 0.15) is 26.5 Å². The highest BCUT2D eigenvalue weighted by molar-refractivity contribution is 5.85. The van der Waals surface area contributed by atoms with Crippen molar-refractivity contribution in [1.82, 2.24) is 9.55 Å². The maximum Gasteiger partial charge on any atom is 0.330 e. The van der Waals surface area contributed by atoms with E-state index < -0.39 is 60.2 Å². The Morgan fingerprint density at radius 2 is 2.07 bits per heavy atom. The second-order valence-corrected chi connectivity index (χ2v) is 6.23. The topological polar surface area (TPSA) is 157 Å². The fourth-order valence-corrected chi connectivity index (χ4v) is 2.49. The lowest BCUT2D eigenvalue weighted by atomic mass is 10.0. The van der Waals surface area contributed by atoms with Crippen molar-refractivity contribution in [3.63, 3.8) is 0 Å². The Morgan fingerprint density at radius 1 is 1.44 bits per heavy atom. The monoisotopic (exact) mass is 411 g/mol. The van der Waals surface area contributed by atoms with E-state index in [1.165, 1.54) is 0 Å². The first-order valence-corrected chi connectivity index (χ1v) is 8.12. The zero-order valence-electron chi connectivity index (χ0n) is 14.7. The van der Waals surface area contributed by atoms with E-state index in [2.05, 4.69) is 0 Å². The van der Waals surface area contributed by atoms with Crippen molar-refractivity contribution in [1.29, 1.82) is 0 Å². The summed E-state index contributed by atoms with van der Waals surface area (Å²) in [5.74, 6) is -2.07. The summed E-state index contributed by atoms with van der Waals surface area (Å²) in [5.41, 5.74) is 3.50. The molecular formula is C15H23ClFN3O7. The van der Waals surface area contributed by atoms with Gasteiger partial charge in [0.1, 0.15) is 31.0 Å². The zero-order chi connectivity index (χ0) is 19.6. The maximum atomic E-state index is 13.4. The van der Waals surface area contributed by atoms with Crippen LogP contribution in [0.5, 0.6) is 0 Å². The standard InChI is InChI=1S/C15H22FN3O7.ClH/c1-3-6(2)9(17)14(23)25-5-8-10(20)11(21)13(26-8)19-4-7(16)12(22)18-15(19)24;/h4,6,8-11,13,20-21H,3,5,17H2,1-2H3,(H,18,22,24);1H/t6-,8+,9-,10+,11+,13+;/m0./s1. The average Bonchev–Trinajstić information content (AvgIpc) is 2.89. The summed E-state index contributed by atoms with van der Waals surface area (Å²) in [6.45, 7) is 3.23. The summed E-state index contributed by atoms with van der Waals surface area (Å²) in [4.78, 5) is 36.4. The normalized spacial score (nSPS) is 26.9. The second kappa shape index (κ2) is 9.42. The first kappa shape index (κ1) is 23.2. The molecule has 1 aromatic rings. The molecular weight excluding hydrogens is 389 g/mol. The van der Waals surface area contributed by atoms with Gasteiger partial charge in [0, 0.05) is 0 Å². The zero-order valence-corrected chi connectivity index (χ0v) is 15.5. The summed E-state index contributed by atoms with van der Waals surface area (Å²) >= 11 is 0. The van der Waals surface area contributed by atoms with E-state index in [1.54, 1.807) is 11.9 Å². The van der Waals surface area contributed by atoms with Gasteiger partial charge < -0.3 is 25.4 Å². The Balaban J connectivity index is 0.00000364. The van der Waals surface area contributed by atoms with E-state index in [4.69, 9.17) is 15.2 Å². The molecule has 0 unspecified atom stereocenters. The molecule has 10 nitrogen and oxygen atoms in total. The van der Waals surface area contributed by atoms with Crippen LogP contribution in [0.15, 0.2) is 15.8 Å². The van der Waals surface area contributed by atoms with Gasteiger partial charge in [0.25, 0.3) is 5.56 Å².